The van der Waals surface area contributed by atoms with Gasteiger partial charge in [0.15, 0.2) is 11.0 Å². The van der Waals surface area contributed by atoms with Gasteiger partial charge in [0.25, 0.3) is 5.76 Å². The van der Waals surface area contributed by atoms with Gasteiger partial charge in [-0.1, -0.05) is 31.1 Å². The maximum atomic E-state index is 13.0. The number of rotatable bonds is 8. The standard InChI is InChI=1S/C19H21F2N5O2S/c1-10(2)15(17-24-16(25-28-17)11-7-8-11)23-14(27)9-26-13-6-4-3-5-12(13)22-19(26)29-18(20)21/h3-6,10-11,15,18H,7-9H2,1-2H3,(H,23,27). The number of para-hydroxylation sites is 2. The Kier molecular flexibility index (Phi) is 5.53. The fourth-order valence-electron chi connectivity index (χ4n) is 3.13. The largest absolute Gasteiger partial charge is 0.342 e. The van der Waals surface area contributed by atoms with Gasteiger partial charge in [-0.15, -0.1) is 0 Å². The lowest BCUT2D eigenvalue weighted by atomic mass is 10.0. The van der Waals surface area contributed by atoms with Gasteiger partial charge < -0.3 is 14.4 Å². The van der Waals surface area contributed by atoms with E-state index in [1.807, 2.05) is 13.8 Å². The summed E-state index contributed by atoms with van der Waals surface area (Å²) >= 11 is 0.325. The van der Waals surface area contributed by atoms with Gasteiger partial charge in [0.05, 0.1) is 11.0 Å². The number of carbonyl (C=O) groups excluding carboxylic acids is 1. The molecule has 1 atom stereocenters. The first kappa shape index (κ1) is 19.8. The normalized spacial score (nSPS) is 15.4. The Morgan fingerprint density at radius 3 is 2.76 bits per heavy atom. The Morgan fingerprint density at radius 1 is 1.31 bits per heavy atom. The minimum Gasteiger partial charge on any atom is -0.342 e. The highest BCUT2D eigenvalue weighted by molar-refractivity contribution is 7.99. The van der Waals surface area contributed by atoms with Gasteiger partial charge in [-0.25, -0.2) is 4.98 Å². The number of hydrogen-bond acceptors (Lipinski definition) is 6. The predicted octanol–water partition coefficient (Wildman–Crippen LogP) is 4.12. The highest BCUT2D eigenvalue weighted by atomic mass is 32.2. The number of amides is 1. The number of carbonyl (C=O) groups is 1. The fourth-order valence-corrected chi connectivity index (χ4v) is 3.73. The quantitative estimate of drug-likeness (QED) is 0.551. The van der Waals surface area contributed by atoms with E-state index in [4.69, 9.17) is 4.52 Å². The highest BCUT2D eigenvalue weighted by Gasteiger charge is 2.31. The molecule has 1 amide bonds. The van der Waals surface area contributed by atoms with Crippen LogP contribution in [0.4, 0.5) is 8.78 Å². The number of hydrogen-bond donors (Lipinski definition) is 1. The lowest BCUT2D eigenvalue weighted by molar-refractivity contribution is -0.123. The van der Waals surface area contributed by atoms with E-state index >= 15 is 0 Å². The lowest BCUT2D eigenvalue weighted by Gasteiger charge is -2.19. The molecule has 4 rings (SSSR count). The molecule has 154 valence electrons. The summed E-state index contributed by atoms with van der Waals surface area (Å²) in [5.41, 5.74) is 1.19. The van der Waals surface area contributed by atoms with E-state index in [2.05, 4.69) is 20.4 Å². The SMILES string of the molecule is CC(C)C(NC(=O)Cn1c(SC(F)F)nc2ccccc21)c1nc(C2CC2)no1. The molecule has 2 aromatic heterocycles. The van der Waals surface area contributed by atoms with Gasteiger partial charge in [0.2, 0.25) is 11.8 Å². The van der Waals surface area contributed by atoms with Gasteiger partial charge >= 0.3 is 0 Å². The molecular weight excluding hydrogens is 400 g/mol. The molecule has 3 aromatic rings. The molecule has 10 heteroatoms. The van der Waals surface area contributed by atoms with Crippen LogP contribution < -0.4 is 5.32 Å². The average molecular weight is 421 g/mol. The molecule has 0 saturated heterocycles. The highest BCUT2D eigenvalue weighted by Crippen LogP contribution is 2.38. The minimum atomic E-state index is -2.63. The summed E-state index contributed by atoms with van der Waals surface area (Å²) in [6, 6.07) is 6.59. The molecule has 1 N–H and O–H groups in total. The van der Waals surface area contributed by atoms with Crippen LogP contribution in [0, 0.1) is 5.92 Å². The minimum absolute atomic E-state index is 0.0147. The van der Waals surface area contributed by atoms with Crippen LogP contribution in [0.1, 0.15) is 50.4 Å². The van der Waals surface area contributed by atoms with Crippen molar-refractivity contribution in [1.82, 2.24) is 25.0 Å². The molecule has 0 radical (unpaired) electrons. The third kappa shape index (κ3) is 4.42. The first-order chi connectivity index (χ1) is 13.9. The van der Waals surface area contributed by atoms with Crippen molar-refractivity contribution in [1.29, 1.82) is 0 Å². The Hall–Kier alpha value is -2.49. The summed E-state index contributed by atoms with van der Waals surface area (Å²) in [6.07, 6.45) is 2.10. The van der Waals surface area contributed by atoms with Crippen LogP contribution in [0.3, 0.4) is 0 Å². The number of fused-ring (bicyclic) bond motifs is 1. The third-order valence-corrected chi connectivity index (χ3v) is 5.47. The van der Waals surface area contributed by atoms with Gasteiger partial charge in [-0.05, 0) is 42.7 Å². The second-order valence-electron chi connectivity index (χ2n) is 7.40. The topological polar surface area (TPSA) is 85.8 Å². The Morgan fingerprint density at radius 2 is 2.07 bits per heavy atom. The van der Waals surface area contributed by atoms with Crippen molar-refractivity contribution in [2.45, 2.75) is 56.1 Å². The monoisotopic (exact) mass is 421 g/mol. The Bertz CT molecular complexity index is 1020. The molecule has 1 aliphatic rings. The van der Waals surface area contributed by atoms with Crippen molar-refractivity contribution >= 4 is 28.7 Å². The molecule has 2 heterocycles. The van der Waals surface area contributed by atoms with E-state index in [1.54, 1.807) is 24.3 Å². The molecule has 0 aliphatic heterocycles. The number of alkyl halides is 2. The maximum Gasteiger partial charge on any atom is 0.291 e. The van der Waals surface area contributed by atoms with Gasteiger partial charge in [0.1, 0.15) is 12.6 Å². The molecule has 7 nitrogen and oxygen atoms in total. The van der Waals surface area contributed by atoms with Crippen LogP contribution in [0.25, 0.3) is 11.0 Å². The molecule has 29 heavy (non-hydrogen) atoms. The van der Waals surface area contributed by atoms with Gasteiger partial charge in [0, 0.05) is 5.92 Å². The molecule has 1 saturated carbocycles. The van der Waals surface area contributed by atoms with Gasteiger partial charge in [-0.3, -0.25) is 4.79 Å². The zero-order valence-corrected chi connectivity index (χ0v) is 16.8. The Labute approximate surface area is 170 Å². The van der Waals surface area contributed by atoms with Crippen LogP contribution in [0.2, 0.25) is 0 Å². The zero-order valence-electron chi connectivity index (χ0n) is 16.0. The summed E-state index contributed by atoms with van der Waals surface area (Å²) in [5.74, 6) is -1.56. The van der Waals surface area contributed by atoms with E-state index < -0.39 is 11.8 Å². The van der Waals surface area contributed by atoms with Gasteiger partial charge in [-0.2, -0.15) is 13.8 Å². The van der Waals surface area contributed by atoms with Crippen molar-refractivity contribution in [3.63, 3.8) is 0 Å². The fraction of sp³-hybridized carbons (Fsp3) is 0.474. The average Bonchev–Trinajstić information content (AvgIpc) is 3.31. The van der Waals surface area contributed by atoms with Crippen LogP contribution in [0.15, 0.2) is 33.9 Å². The number of benzene rings is 1. The number of halogens is 2. The summed E-state index contributed by atoms with van der Waals surface area (Å²) in [7, 11) is 0. The molecule has 1 aliphatic carbocycles. The molecule has 1 unspecified atom stereocenters. The Balaban J connectivity index is 1.54. The first-order valence-electron chi connectivity index (χ1n) is 9.45. The van der Waals surface area contributed by atoms with Crippen LogP contribution in [-0.2, 0) is 11.3 Å². The van der Waals surface area contributed by atoms with E-state index in [-0.39, 0.29) is 23.5 Å². The van der Waals surface area contributed by atoms with Crippen molar-refractivity contribution in [2.24, 2.45) is 5.92 Å². The van der Waals surface area contributed by atoms with E-state index in [0.717, 1.165) is 12.8 Å². The molecule has 1 aromatic carbocycles. The van der Waals surface area contributed by atoms with E-state index in [9.17, 15) is 13.6 Å². The molecule has 0 spiro atoms. The molecule has 0 bridgehead atoms. The summed E-state index contributed by atoms with van der Waals surface area (Å²) in [5, 5.41) is 7.02. The van der Waals surface area contributed by atoms with Crippen molar-refractivity contribution in [3.8, 4) is 0 Å². The van der Waals surface area contributed by atoms with Crippen molar-refractivity contribution in [2.75, 3.05) is 0 Å². The van der Waals surface area contributed by atoms with Crippen LogP contribution >= 0.6 is 11.8 Å². The third-order valence-electron chi connectivity index (χ3n) is 4.76. The number of imidazole rings is 1. The van der Waals surface area contributed by atoms with Crippen LogP contribution in [0.5, 0.6) is 0 Å². The second-order valence-corrected chi connectivity index (χ2v) is 8.36. The zero-order chi connectivity index (χ0) is 20.5. The van der Waals surface area contributed by atoms with E-state index in [1.165, 1.54) is 4.57 Å². The summed E-state index contributed by atoms with van der Waals surface area (Å²) < 4.78 is 32.8. The number of aromatic nitrogens is 4. The molecule has 1 fully saturated rings. The number of nitrogens with one attached hydrogen (secondary N) is 1. The lowest BCUT2D eigenvalue weighted by Crippen LogP contribution is -2.34. The summed E-state index contributed by atoms with van der Waals surface area (Å²) in [6.45, 7) is 3.75. The predicted molar refractivity (Wildman–Crippen MR) is 104 cm³/mol. The van der Waals surface area contributed by atoms with Crippen molar-refractivity contribution < 1.29 is 18.1 Å². The smallest absolute Gasteiger partial charge is 0.291 e. The summed E-state index contributed by atoms with van der Waals surface area (Å²) in [4.78, 5) is 21.5. The van der Waals surface area contributed by atoms with E-state index in [0.29, 0.717) is 40.4 Å². The first-order valence-corrected chi connectivity index (χ1v) is 10.3. The second kappa shape index (κ2) is 8.10. The number of nitrogens with zero attached hydrogens (tertiary/aromatic N) is 4. The molecular formula is C19H21F2N5O2S. The van der Waals surface area contributed by atoms with Crippen LogP contribution in [-0.4, -0.2) is 31.4 Å². The van der Waals surface area contributed by atoms with Crippen molar-refractivity contribution in [3.05, 3.63) is 36.0 Å². The maximum absolute atomic E-state index is 13.0. The number of thioether (sulfide) groups is 1.